The lowest BCUT2D eigenvalue weighted by atomic mass is 10.1. The lowest BCUT2D eigenvalue weighted by Crippen LogP contribution is -2.05. The highest BCUT2D eigenvalue weighted by Crippen LogP contribution is 2.29. The highest BCUT2D eigenvalue weighted by Gasteiger charge is 2.30. The van der Waals surface area contributed by atoms with E-state index in [-0.39, 0.29) is 0 Å². The lowest BCUT2D eigenvalue weighted by Gasteiger charge is -2.07. The highest BCUT2D eigenvalue weighted by atomic mass is 35.5. The smallest absolute Gasteiger partial charge is 0.256 e. The van der Waals surface area contributed by atoms with Crippen LogP contribution in [0.25, 0.3) is 11.3 Å². The van der Waals surface area contributed by atoms with E-state index in [9.17, 15) is 13.2 Å². The molecule has 0 saturated carbocycles. The van der Waals surface area contributed by atoms with Crippen molar-refractivity contribution in [3.8, 4) is 11.3 Å². The van der Waals surface area contributed by atoms with Crippen LogP contribution in [0.2, 0.25) is 0 Å². The molecule has 18 heavy (non-hydrogen) atoms. The summed E-state index contributed by atoms with van der Waals surface area (Å²) < 4.78 is 37.1. The molecule has 0 bridgehead atoms. The van der Waals surface area contributed by atoms with E-state index in [2.05, 4.69) is 4.98 Å². The number of aromatic nitrogens is 1. The van der Waals surface area contributed by atoms with Crippen molar-refractivity contribution in [1.82, 2.24) is 4.98 Å². The number of benzene rings is 1. The van der Waals surface area contributed by atoms with E-state index in [0.29, 0.717) is 11.6 Å². The summed E-state index contributed by atoms with van der Waals surface area (Å²) in [7, 11) is 0. The molecule has 0 spiro atoms. The van der Waals surface area contributed by atoms with Gasteiger partial charge in [0.25, 0.3) is 0 Å². The molecule has 0 amide bonds. The second-order valence-electron chi connectivity index (χ2n) is 3.76. The zero-order chi connectivity index (χ0) is 13.2. The summed E-state index contributed by atoms with van der Waals surface area (Å²) in [6, 6.07) is 9.62. The van der Waals surface area contributed by atoms with Gasteiger partial charge in [0.05, 0.1) is 11.3 Å². The molecule has 0 aliphatic carbocycles. The van der Waals surface area contributed by atoms with Crippen LogP contribution in [0.5, 0.6) is 0 Å². The van der Waals surface area contributed by atoms with E-state index < -0.39 is 11.7 Å². The minimum Gasteiger partial charge on any atom is -0.256 e. The minimum absolute atomic E-state index is 0.356. The molecule has 1 nitrogen and oxygen atoms in total. The van der Waals surface area contributed by atoms with Crippen LogP contribution in [0.4, 0.5) is 13.2 Å². The van der Waals surface area contributed by atoms with Crippen molar-refractivity contribution >= 4 is 11.6 Å². The monoisotopic (exact) mass is 271 g/mol. The van der Waals surface area contributed by atoms with Gasteiger partial charge in [0.1, 0.15) is 0 Å². The molecule has 1 aromatic carbocycles. The largest absolute Gasteiger partial charge is 0.417 e. The Kier molecular flexibility index (Phi) is 3.57. The van der Waals surface area contributed by atoms with E-state index in [1.54, 1.807) is 12.1 Å². The number of alkyl halides is 4. The van der Waals surface area contributed by atoms with Crippen molar-refractivity contribution in [1.29, 1.82) is 0 Å². The molecule has 0 fully saturated rings. The van der Waals surface area contributed by atoms with E-state index in [4.69, 9.17) is 11.6 Å². The fraction of sp³-hybridized carbons (Fsp3) is 0.154. The van der Waals surface area contributed by atoms with Crippen molar-refractivity contribution in [2.24, 2.45) is 0 Å². The number of halogens is 4. The van der Waals surface area contributed by atoms with Crippen molar-refractivity contribution in [2.75, 3.05) is 0 Å². The van der Waals surface area contributed by atoms with Crippen molar-refractivity contribution in [2.45, 2.75) is 12.1 Å². The first-order valence-electron chi connectivity index (χ1n) is 5.19. The normalized spacial score (nSPS) is 11.6. The average molecular weight is 272 g/mol. The summed E-state index contributed by atoms with van der Waals surface area (Å²) >= 11 is 5.70. The fourth-order valence-corrected chi connectivity index (χ4v) is 1.71. The third-order valence-electron chi connectivity index (χ3n) is 2.47. The second kappa shape index (κ2) is 4.98. The van der Waals surface area contributed by atoms with Gasteiger partial charge in [-0.1, -0.05) is 18.2 Å². The highest BCUT2D eigenvalue weighted by molar-refractivity contribution is 6.17. The zero-order valence-corrected chi connectivity index (χ0v) is 9.96. The van der Waals surface area contributed by atoms with Crippen LogP contribution < -0.4 is 0 Å². The molecule has 5 heteroatoms. The van der Waals surface area contributed by atoms with Crippen LogP contribution in [-0.2, 0) is 12.1 Å². The number of hydrogen-bond acceptors (Lipinski definition) is 1. The molecule has 0 N–H and O–H groups in total. The topological polar surface area (TPSA) is 12.9 Å². The Balaban J connectivity index is 2.34. The summed E-state index contributed by atoms with van der Waals surface area (Å²) in [5.41, 5.74) is 1.40. The van der Waals surface area contributed by atoms with Crippen LogP contribution in [0.15, 0.2) is 42.6 Å². The summed E-state index contributed by atoms with van der Waals surface area (Å²) in [5.74, 6) is 0.356. The molecule has 0 aliphatic heterocycles. The Bertz CT molecular complexity index is 535. The van der Waals surface area contributed by atoms with Gasteiger partial charge in [-0.15, -0.1) is 11.6 Å². The van der Waals surface area contributed by atoms with E-state index in [1.807, 2.05) is 12.1 Å². The van der Waals surface area contributed by atoms with Crippen LogP contribution >= 0.6 is 11.6 Å². The maximum Gasteiger partial charge on any atom is 0.417 e. The lowest BCUT2D eigenvalue weighted by molar-refractivity contribution is -0.137. The summed E-state index contributed by atoms with van der Waals surface area (Å²) in [5, 5.41) is 0. The van der Waals surface area contributed by atoms with Gasteiger partial charge in [-0.3, -0.25) is 4.98 Å². The molecule has 0 aliphatic rings. The predicted octanol–water partition coefficient (Wildman–Crippen LogP) is 4.51. The Morgan fingerprint density at radius 3 is 2.44 bits per heavy atom. The van der Waals surface area contributed by atoms with Gasteiger partial charge in [-0.2, -0.15) is 13.2 Å². The first kappa shape index (κ1) is 12.9. The molecule has 2 rings (SSSR count). The van der Waals surface area contributed by atoms with Gasteiger partial charge < -0.3 is 0 Å². The molecule has 2 aromatic rings. The zero-order valence-electron chi connectivity index (χ0n) is 9.21. The molecule has 1 aromatic heterocycles. The van der Waals surface area contributed by atoms with Crippen LogP contribution in [0.1, 0.15) is 11.1 Å². The molecule has 0 unspecified atom stereocenters. The summed E-state index contributed by atoms with van der Waals surface area (Å²) in [6.45, 7) is 0. The quantitative estimate of drug-likeness (QED) is 0.733. The van der Waals surface area contributed by atoms with Crippen molar-refractivity contribution in [3.63, 3.8) is 0 Å². The molecule has 0 atom stereocenters. The second-order valence-corrected chi connectivity index (χ2v) is 4.03. The summed E-state index contributed by atoms with van der Waals surface area (Å²) in [6.07, 6.45) is -3.52. The van der Waals surface area contributed by atoms with Crippen molar-refractivity contribution in [3.05, 3.63) is 53.7 Å². The van der Waals surface area contributed by atoms with Gasteiger partial charge in [0, 0.05) is 17.6 Å². The third kappa shape index (κ3) is 2.82. The van der Waals surface area contributed by atoms with Crippen molar-refractivity contribution < 1.29 is 13.2 Å². The number of pyridine rings is 1. The van der Waals surface area contributed by atoms with Gasteiger partial charge >= 0.3 is 6.18 Å². The Labute approximate surface area is 107 Å². The fourth-order valence-electron chi connectivity index (χ4n) is 1.55. The maximum atomic E-state index is 12.4. The SMILES string of the molecule is FC(F)(F)c1ccc(-c2cccc(CCl)c2)nc1. The molecular formula is C13H9ClF3N. The van der Waals surface area contributed by atoms with E-state index in [0.717, 1.165) is 23.4 Å². The molecule has 0 radical (unpaired) electrons. The standard InChI is InChI=1S/C13H9ClF3N/c14-7-9-2-1-3-10(6-9)12-5-4-11(8-18-12)13(15,16)17/h1-6,8H,7H2. The van der Waals surface area contributed by atoms with Crippen LogP contribution in [0.3, 0.4) is 0 Å². The first-order valence-corrected chi connectivity index (χ1v) is 5.72. The van der Waals surface area contributed by atoms with Gasteiger partial charge in [0.2, 0.25) is 0 Å². The molecular weight excluding hydrogens is 263 g/mol. The van der Waals surface area contributed by atoms with E-state index in [1.165, 1.54) is 6.07 Å². The number of nitrogens with zero attached hydrogens (tertiary/aromatic N) is 1. The predicted molar refractivity (Wildman–Crippen MR) is 64.2 cm³/mol. The third-order valence-corrected chi connectivity index (χ3v) is 2.78. The molecule has 94 valence electrons. The Hall–Kier alpha value is -1.55. The maximum absolute atomic E-state index is 12.4. The molecule has 0 saturated heterocycles. The van der Waals surface area contributed by atoms with Crippen LogP contribution in [0, 0.1) is 0 Å². The average Bonchev–Trinajstić information content (AvgIpc) is 2.38. The van der Waals surface area contributed by atoms with Gasteiger partial charge in [0.15, 0.2) is 0 Å². The number of rotatable bonds is 2. The van der Waals surface area contributed by atoms with Gasteiger partial charge in [-0.05, 0) is 23.8 Å². The Morgan fingerprint density at radius 1 is 1.11 bits per heavy atom. The molecule has 1 heterocycles. The minimum atomic E-state index is -4.36. The Morgan fingerprint density at radius 2 is 1.89 bits per heavy atom. The van der Waals surface area contributed by atoms with E-state index >= 15 is 0 Å². The summed E-state index contributed by atoms with van der Waals surface area (Å²) in [4.78, 5) is 3.83. The van der Waals surface area contributed by atoms with Gasteiger partial charge in [-0.25, -0.2) is 0 Å². The first-order chi connectivity index (χ1) is 8.50. The van der Waals surface area contributed by atoms with Crippen LogP contribution in [-0.4, -0.2) is 4.98 Å². The number of hydrogen-bond donors (Lipinski definition) is 0.